The zero-order valence-electron chi connectivity index (χ0n) is 13.2. The van der Waals surface area contributed by atoms with Crippen LogP contribution in [0.4, 0.5) is 24.8 Å². The van der Waals surface area contributed by atoms with Crippen molar-refractivity contribution in [3.8, 4) is 0 Å². The first-order valence-electron chi connectivity index (χ1n) is 7.74. The van der Waals surface area contributed by atoms with Crippen LogP contribution in [-0.4, -0.2) is 41.4 Å². The molecule has 5 nitrogen and oxygen atoms in total. The van der Waals surface area contributed by atoms with E-state index in [4.69, 9.17) is 0 Å². The average Bonchev–Trinajstić information content (AvgIpc) is 3.03. The number of pyridine rings is 1. The van der Waals surface area contributed by atoms with Crippen molar-refractivity contribution in [3.05, 3.63) is 42.2 Å². The van der Waals surface area contributed by atoms with E-state index in [1.54, 1.807) is 18.1 Å². The molecule has 1 aliphatic rings. The van der Waals surface area contributed by atoms with Gasteiger partial charge in [0.05, 0.1) is 5.56 Å². The van der Waals surface area contributed by atoms with E-state index in [-0.39, 0.29) is 11.9 Å². The summed E-state index contributed by atoms with van der Waals surface area (Å²) in [5.41, 5.74) is -0.712. The summed E-state index contributed by atoms with van der Waals surface area (Å²) in [4.78, 5) is 7.61. The first kappa shape index (κ1) is 16.5. The Morgan fingerprint density at radius 1 is 1.25 bits per heavy atom. The van der Waals surface area contributed by atoms with Crippen molar-refractivity contribution in [3.63, 3.8) is 0 Å². The number of rotatable bonds is 4. The molecule has 1 saturated heterocycles. The van der Waals surface area contributed by atoms with E-state index >= 15 is 0 Å². The number of likely N-dealkylation sites (N-methyl/N-ethyl adjacent to an activating group) is 1. The summed E-state index contributed by atoms with van der Waals surface area (Å²) in [6.07, 6.45) is 0.441. The lowest BCUT2D eigenvalue weighted by atomic mass is 10.2. The van der Waals surface area contributed by atoms with Crippen molar-refractivity contribution >= 4 is 11.6 Å². The van der Waals surface area contributed by atoms with Gasteiger partial charge in [0.2, 0.25) is 0 Å². The molecule has 0 saturated carbocycles. The molecule has 1 fully saturated rings. The number of aromatic nitrogens is 3. The van der Waals surface area contributed by atoms with Gasteiger partial charge in [-0.1, -0.05) is 0 Å². The maximum Gasteiger partial charge on any atom is 0.419 e. The van der Waals surface area contributed by atoms with E-state index in [0.29, 0.717) is 6.54 Å². The molecule has 1 unspecified atom stereocenters. The summed E-state index contributed by atoms with van der Waals surface area (Å²) in [6.45, 7) is 1.27. The molecular formula is C16H18F3N5. The van der Waals surface area contributed by atoms with Crippen LogP contribution in [0.15, 0.2) is 36.7 Å². The molecule has 1 atom stereocenters. The Hall–Kier alpha value is -2.38. The van der Waals surface area contributed by atoms with Crippen LogP contribution in [0.1, 0.15) is 18.4 Å². The van der Waals surface area contributed by atoms with E-state index in [2.05, 4.69) is 20.1 Å². The second kappa shape index (κ2) is 6.62. The minimum absolute atomic E-state index is 0.0454. The fourth-order valence-electron chi connectivity index (χ4n) is 3.10. The SMILES string of the molecule is CN(CC1CCCN1c1cccnn1)c1ncccc1C(F)(F)F. The second-order valence-corrected chi connectivity index (χ2v) is 5.82. The van der Waals surface area contributed by atoms with Gasteiger partial charge in [0.15, 0.2) is 5.82 Å². The van der Waals surface area contributed by atoms with Crippen LogP contribution in [0.5, 0.6) is 0 Å². The molecule has 8 heteroatoms. The minimum atomic E-state index is -4.42. The molecule has 0 aliphatic carbocycles. The number of hydrogen-bond acceptors (Lipinski definition) is 5. The van der Waals surface area contributed by atoms with Crippen molar-refractivity contribution < 1.29 is 13.2 Å². The molecule has 2 aromatic heterocycles. The summed E-state index contributed by atoms with van der Waals surface area (Å²) >= 11 is 0. The summed E-state index contributed by atoms with van der Waals surface area (Å²) in [6, 6.07) is 6.12. The van der Waals surface area contributed by atoms with Crippen LogP contribution >= 0.6 is 0 Å². The molecule has 0 radical (unpaired) electrons. The molecule has 3 rings (SSSR count). The van der Waals surface area contributed by atoms with E-state index in [1.807, 2.05) is 12.1 Å². The van der Waals surface area contributed by atoms with Gasteiger partial charge < -0.3 is 9.80 Å². The Morgan fingerprint density at radius 3 is 2.75 bits per heavy atom. The van der Waals surface area contributed by atoms with Crippen molar-refractivity contribution in [1.82, 2.24) is 15.2 Å². The molecule has 128 valence electrons. The standard InChI is InChI=1S/C16H18F3N5/c1-23(15-13(16(17,18)19)6-2-8-20-15)11-12-5-4-10-24(12)14-7-3-9-21-22-14/h2-3,6-9,12H,4-5,10-11H2,1H3. The second-order valence-electron chi connectivity index (χ2n) is 5.82. The van der Waals surface area contributed by atoms with Gasteiger partial charge in [0.25, 0.3) is 0 Å². The lowest BCUT2D eigenvalue weighted by Crippen LogP contribution is -2.40. The molecule has 0 aromatic carbocycles. The van der Waals surface area contributed by atoms with Crippen molar-refractivity contribution in [2.75, 3.05) is 29.9 Å². The minimum Gasteiger partial charge on any atom is -0.357 e. The molecule has 2 aromatic rings. The molecule has 3 heterocycles. The van der Waals surface area contributed by atoms with Gasteiger partial charge in [-0.05, 0) is 37.1 Å². The zero-order chi connectivity index (χ0) is 17.2. The molecule has 0 spiro atoms. The highest BCUT2D eigenvalue weighted by atomic mass is 19.4. The fraction of sp³-hybridized carbons (Fsp3) is 0.438. The summed E-state index contributed by atoms with van der Waals surface area (Å²) in [5, 5.41) is 7.99. The van der Waals surface area contributed by atoms with Crippen LogP contribution in [0.2, 0.25) is 0 Å². The van der Waals surface area contributed by atoms with E-state index in [9.17, 15) is 13.2 Å². The Kier molecular flexibility index (Phi) is 4.55. The van der Waals surface area contributed by atoms with Crippen molar-refractivity contribution in [1.29, 1.82) is 0 Å². The Morgan fingerprint density at radius 2 is 2.04 bits per heavy atom. The van der Waals surface area contributed by atoms with Gasteiger partial charge in [-0.25, -0.2) is 4.98 Å². The van der Waals surface area contributed by atoms with E-state index in [1.165, 1.54) is 12.3 Å². The third kappa shape index (κ3) is 3.42. The summed E-state index contributed by atoms with van der Waals surface area (Å²) < 4.78 is 39.5. The van der Waals surface area contributed by atoms with Crippen LogP contribution < -0.4 is 9.80 Å². The highest BCUT2D eigenvalue weighted by molar-refractivity contribution is 5.49. The number of hydrogen-bond donors (Lipinski definition) is 0. The highest BCUT2D eigenvalue weighted by Gasteiger charge is 2.36. The molecule has 1 aliphatic heterocycles. The maximum absolute atomic E-state index is 13.2. The Labute approximate surface area is 138 Å². The first-order valence-corrected chi connectivity index (χ1v) is 7.74. The monoisotopic (exact) mass is 337 g/mol. The van der Waals surface area contributed by atoms with Crippen LogP contribution in [0.3, 0.4) is 0 Å². The van der Waals surface area contributed by atoms with Crippen LogP contribution in [0.25, 0.3) is 0 Å². The molecule has 0 amide bonds. The third-order valence-corrected chi connectivity index (χ3v) is 4.17. The smallest absolute Gasteiger partial charge is 0.357 e. The van der Waals surface area contributed by atoms with Gasteiger partial charge in [0, 0.05) is 38.6 Å². The Balaban J connectivity index is 1.79. The van der Waals surface area contributed by atoms with Gasteiger partial charge >= 0.3 is 6.18 Å². The first-order chi connectivity index (χ1) is 11.5. The lowest BCUT2D eigenvalue weighted by molar-refractivity contribution is -0.137. The van der Waals surface area contributed by atoms with E-state index < -0.39 is 11.7 Å². The number of alkyl halides is 3. The number of anilines is 2. The predicted octanol–water partition coefficient (Wildman–Crippen LogP) is 3.00. The van der Waals surface area contributed by atoms with Crippen molar-refractivity contribution in [2.45, 2.75) is 25.1 Å². The van der Waals surface area contributed by atoms with Gasteiger partial charge in [-0.3, -0.25) is 0 Å². The van der Waals surface area contributed by atoms with Crippen LogP contribution in [-0.2, 0) is 6.18 Å². The normalized spacial score (nSPS) is 18.0. The number of nitrogens with zero attached hydrogens (tertiary/aromatic N) is 5. The summed E-state index contributed by atoms with van der Waals surface area (Å²) in [5.74, 6) is 0.710. The summed E-state index contributed by atoms with van der Waals surface area (Å²) in [7, 11) is 1.64. The fourth-order valence-corrected chi connectivity index (χ4v) is 3.10. The molecule has 0 bridgehead atoms. The largest absolute Gasteiger partial charge is 0.419 e. The van der Waals surface area contributed by atoms with Gasteiger partial charge in [-0.15, -0.1) is 5.10 Å². The maximum atomic E-state index is 13.2. The highest BCUT2D eigenvalue weighted by Crippen LogP contribution is 2.35. The Bertz CT molecular complexity index is 677. The quantitative estimate of drug-likeness (QED) is 0.858. The predicted molar refractivity (Wildman–Crippen MR) is 84.9 cm³/mol. The third-order valence-electron chi connectivity index (χ3n) is 4.17. The van der Waals surface area contributed by atoms with Gasteiger partial charge in [0.1, 0.15) is 5.82 Å². The van der Waals surface area contributed by atoms with Gasteiger partial charge in [-0.2, -0.15) is 18.3 Å². The van der Waals surface area contributed by atoms with Crippen LogP contribution in [0, 0.1) is 0 Å². The average molecular weight is 337 g/mol. The molecule has 24 heavy (non-hydrogen) atoms. The topological polar surface area (TPSA) is 45.2 Å². The molecular weight excluding hydrogens is 319 g/mol. The van der Waals surface area contributed by atoms with Crippen molar-refractivity contribution in [2.24, 2.45) is 0 Å². The zero-order valence-corrected chi connectivity index (χ0v) is 13.2. The number of halogens is 3. The van der Waals surface area contributed by atoms with E-state index in [0.717, 1.165) is 31.3 Å². The molecule has 0 N–H and O–H groups in total. The lowest BCUT2D eigenvalue weighted by Gasteiger charge is -2.30.